The summed E-state index contributed by atoms with van der Waals surface area (Å²) >= 11 is 4.28. The van der Waals surface area contributed by atoms with Gasteiger partial charge in [-0.3, -0.25) is 0 Å². The van der Waals surface area contributed by atoms with Crippen LogP contribution in [0.25, 0.3) is 0 Å². The lowest BCUT2D eigenvalue weighted by atomic mass is 10.6. The summed E-state index contributed by atoms with van der Waals surface area (Å²) in [6.45, 7) is 0. The molecule has 3 heteroatoms. The molecule has 0 bridgehead atoms. The number of nitriles is 1. The molecule has 0 aromatic rings. The van der Waals surface area contributed by atoms with E-state index in [0.717, 1.165) is 4.43 Å². The van der Waals surface area contributed by atoms with Crippen LogP contribution in [-0.2, 0) is 0 Å². The van der Waals surface area contributed by atoms with Gasteiger partial charge in [0.15, 0.2) is 0 Å². The number of rotatable bonds is 1. The normalized spacial score (nSPS) is 12.8. The second-order valence-corrected chi connectivity index (χ2v) is 3.14. The molecule has 0 saturated heterocycles. The summed E-state index contributed by atoms with van der Waals surface area (Å²) in [6.07, 6.45) is 0. The monoisotopic (exact) mass is 307 g/mol. The molecule has 0 aromatic heterocycles. The molecule has 0 aliphatic rings. The first-order valence-corrected chi connectivity index (χ1v) is 4.18. The van der Waals surface area contributed by atoms with Crippen LogP contribution in [0.15, 0.2) is 0 Å². The molecule has 0 fully saturated rings. The zero-order valence-corrected chi connectivity index (χ0v) is 7.30. The van der Waals surface area contributed by atoms with Crippen LogP contribution >= 0.6 is 45.2 Å². The molecular weight excluding hydrogens is 304 g/mol. The Morgan fingerprint density at radius 2 is 2.33 bits per heavy atom. The van der Waals surface area contributed by atoms with Crippen LogP contribution in [0.1, 0.15) is 0 Å². The van der Waals surface area contributed by atoms with Crippen LogP contribution in [0.3, 0.4) is 0 Å². The first-order chi connectivity index (χ1) is 2.81. The molecule has 0 rings (SSSR count). The molecule has 1 nitrogen and oxygen atoms in total. The van der Waals surface area contributed by atoms with Crippen molar-refractivity contribution in [1.29, 1.82) is 5.26 Å². The minimum absolute atomic E-state index is 0.197. The van der Waals surface area contributed by atoms with E-state index in [9.17, 15) is 0 Å². The Kier molecular flexibility index (Phi) is 4.77. The van der Waals surface area contributed by atoms with E-state index in [2.05, 4.69) is 51.3 Å². The minimum Gasteiger partial charge on any atom is -0.197 e. The molecule has 0 spiro atoms. The van der Waals surface area contributed by atoms with Crippen molar-refractivity contribution in [1.82, 2.24) is 0 Å². The van der Waals surface area contributed by atoms with Gasteiger partial charge in [0.1, 0.15) is 3.92 Å². The van der Waals surface area contributed by atoms with Gasteiger partial charge in [0.05, 0.1) is 6.07 Å². The molecule has 0 aromatic carbocycles. The van der Waals surface area contributed by atoms with E-state index in [1.165, 1.54) is 0 Å². The second-order valence-electron chi connectivity index (χ2n) is 0.751. The third-order valence-electron chi connectivity index (χ3n) is 0.276. The zero-order chi connectivity index (χ0) is 4.99. The lowest BCUT2D eigenvalue weighted by Gasteiger charge is -1.83. The predicted octanol–water partition coefficient (Wildman–Crippen LogP) is 1.75. The van der Waals surface area contributed by atoms with Gasteiger partial charge in [-0.2, -0.15) is 5.26 Å². The quantitative estimate of drug-likeness (QED) is 0.535. The summed E-state index contributed by atoms with van der Waals surface area (Å²) in [5.74, 6) is 0. The predicted molar refractivity (Wildman–Crippen MR) is 42.3 cm³/mol. The fraction of sp³-hybridized carbons (Fsp3) is 0.667. The number of halogens is 2. The van der Waals surface area contributed by atoms with E-state index < -0.39 is 0 Å². The van der Waals surface area contributed by atoms with Crippen molar-refractivity contribution in [3.8, 4) is 6.07 Å². The van der Waals surface area contributed by atoms with Gasteiger partial charge < -0.3 is 0 Å². The third kappa shape index (κ3) is 3.15. The van der Waals surface area contributed by atoms with Crippen molar-refractivity contribution in [2.75, 3.05) is 4.43 Å². The fourth-order valence-electron chi connectivity index (χ4n) is 0.0345. The highest BCUT2D eigenvalue weighted by atomic mass is 127. The van der Waals surface area contributed by atoms with Crippen LogP contribution in [-0.4, -0.2) is 8.35 Å². The fourth-order valence-corrected chi connectivity index (χ4v) is 0.231. The van der Waals surface area contributed by atoms with E-state index in [1.807, 2.05) is 0 Å². The smallest absolute Gasteiger partial charge is 0.107 e. The van der Waals surface area contributed by atoms with Gasteiger partial charge in [-0.1, -0.05) is 45.2 Å². The third-order valence-corrected chi connectivity index (χ3v) is 3.56. The van der Waals surface area contributed by atoms with E-state index in [1.54, 1.807) is 0 Å². The van der Waals surface area contributed by atoms with Crippen molar-refractivity contribution < 1.29 is 0 Å². The summed E-state index contributed by atoms with van der Waals surface area (Å²) in [5, 5.41) is 8.07. The highest BCUT2D eigenvalue weighted by Crippen LogP contribution is 2.00. The van der Waals surface area contributed by atoms with E-state index in [0.29, 0.717) is 0 Å². The summed E-state index contributed by atoms with van der Waals surface area (Å²) < 4.78 is 1.12. The van der Waals surface area contributed by atoms with Crippen molar-refractivity contribution in [3.63, 3.8) is 0 Å². The first kappa shape index (κ1) is 6.95. The number of alkyl halides is 2. The average Bonchev–Trinajstić information content (AvgIpc) is 1.65. The molecule has 0 aliphatic heterocycles. The highest BCUT2D eigenvalue weighted by Gasteiger charge is 1.92. The molecule has 0 amide bonds. The van der Waals surface area contributed by atoms with Crippen LogP contribution < -0.4 is 0 Å². The van der Waals surface area contributed by atoms with Crippen molar-refractivity contribution >= 4 is 45.2 Å². The summed E-state index contributed by atoms with van der Waals surface area (Å²) in [4.78, 5) is 0. The SMILES string of the molecule is N#CC(I)CI. The van der Waals surface area contributed by atoms with Crippen molar-refractivity contribution in [2.24, 2.45) is 0 Å². The molecule has 6 heavy (non-hydrogen) atoms. The molecule has 1 atom stereocenters. The number of nitrogens with zero attached hydrogens (tertiary/aromatic N) is 1. The van der Waals surface area contributed by atoms with E-state index in [4.69, 9.17) is 5.26 Å². The van der Waals surface area contributed by atoms with Gasteiger partial charge in [-0.15, -0.1) is 0 Å². The summed E-state index contributed by atoms with van der Waals surface area (Å²) in [6, 6.07) is 2.09. The van der Waals surface area contributed by atoms with Crippen LogP contribution in [0, 0.1) is 11.3 Å². The van der Waals surface area contributed by atoms with Crippen LogP contribution in [0.4, 0.5) is 0 Å². The maximum atomic E-state index is 8.07. The number of hydrogen-bond acceptors (Lipinski definition) is 1. The van der Waals surface area contributed by atoms with Crippen LogP contribution in [0.5, 0.6) is 0 Å². The molecule has 0 aliphatic carbocycles. The minimum atomic E-state index is 0.197. The first-order valence-electron chi connectivity index (χ1n) is 1.41. The van der Waals surface area contributed by atoms with Gasteiger partial charge in [-0.05, 0) is 0 Å². The lowest BCUT2D eigenvalue weighted by molar-refractivity contribution is 1.33. The Morgan fingerprint density at radius 1 is 1.83 bits per heavy atom. The highest BCUT2D eigenvalue weighted by molar-refractivity contribution is 14.1. The van der Waals surface area contributed by atoms with Gasteiger partial charge in [0.25, 0.3) is 0 Å². The zero-order valence-electron chi connectivity index (χ0n) is 2.99. The molecule has 0 heterocycles. The van der Waals surface area contributed by atoms with Gasteiger partial charge in [0, 0.05) is 4.43 Å². The molecule has 34 valence electrons. The van der Waals surface area contributed by atoms with Gasteiger partial charge in [-0.25, -0.2) is 0 Å². The Morgan fingerprint density at radius 3 is 2.33 bits per heavy atom. The molecule has 0 N–H and O–H groups in total. The van der Waals surface area contributed by atoms with Crippen molar-refractivity contribution in [3.05, 3.63) is 0 Å². The van der Waals surface area contributed by atoms with Gasteiger partial charge >= 0.3 is 0 Å². The Labute approximate surface area is 64.4 Å². The van der Waals surface area contributed by atoms with E-state index >= 15 is 0 Å². The second kappa shape index (κ2) is 4.12. The standard InChI is InChI=1S/C3H3I2N/c4-1-3(5)2-6/h3H,1H2. The lowest BCUT2D eigenvalue weighted by Crippen LogP contribution is -1.89. The molecule has 1 unspecified atom stereocenters. The Hall–Kier alpha value is 0.950. The van der Waals surface area contributed by atoms with Crippen LogP contribution in [0.2, 0.25) is 0 Å². The summed E-state index contributed by atoms with van der Waals surface area (Å²) in [7, 11) is 0. The molecule has 0 radical (unpaired) electrons. The maximum Gasteiger partial charge on any atom is 0.107 e. The average molecular weight is 307 g/mol. The Bertz CT molecular complexity index is 65.7. The van der Waals surface area contributed by atoms with Gasteiger partial charge in [0.2, 0.25) is 0 Å². The Balaban J connectivity index is 3.04. The number of hydrogen-bond donors (Lipinski definition) is 0. The molecule has 0 saturated carbocycles. The largest absolute Gasteiger partial charge is 0.197 e. The van der Waals surface area contributed by atoms with Crippen molar-refractivity contribution in [2.45, 2.75) is 3.92 Å². The summed E-state index contributed by atoms with van der Waals surface area (Å²) in [5.41, 5.74) is 0. The maximum absolute atomic E-state index is 8.07. The topological polar surface area (TPSA) is 23.8 Å². The molecular formula is C3H3I2N. The van der Waals surface area contributed by atoms with E-state index in [-0.39, 0.29) is 3.92 Å².